The molecule has 1 aliphatic heterocycles. The smallest absolute Gasteiger partial charge is 0.307 e. The van der Waals surface area contributed by atoms with Gasteiger partial charge in [0.2, 0.25) is 0 Å². The van der Waals surface area contributed by atoms with Gasteiger partial charge in [-0.2, -0.15) is 0 Å². The molecule has 2 aliphatic rings. The monoisotopic (exact) mass is 555 g/mol. The third-order valence-corrected chi connectivity index (χ3v) is 8.16. The predicted molar refractivity (Wildman–Crippen MR) is 140 cm³/mol. The molecule has 188 valence electrons. The number of carboxylic acid groups (broad SMARTS) is 1. The van der Waals surface area contributed by atoms with Crippen LogP contribution in [0.2, 0.25) is 15.1 Å². The molecule has 6 nitrogen and oxygen atoms in total. The van der Waals surface area contributed by atoms with Crippen LogP contribution in [0.4, 0.5) is 0 Å². The molecule has 1 heterocycles. The van der Waals surface area contributed by atoms with Gasteiger partial charge < -0.3 is 5.11 Å². The van der Waals surface area contributed by atoms with E-state index in [2.05, 4.69) is 0 Å². The Hall–Kier alpha value is -3.19. The van der Waals surface area contributed by atoms with Crippen LogP contribution in [0.5, 0.6) is 0 Å². The Balaban J connectivity index is 1.34. The summed E-state index contributed by atoms with van der Waals surface area (Å²) in [4.78, 5) is 52.5. The number of ketones is 1. The van der Waals surface area contributed by atoms with Gasteiger partial charge in [0.15, 0.2) is 5.78 Å². The van der Waals surface area contributed by atoms with Crippen molar-refractivity contribution in [3.05, 3.63) is 92.4 Å². The van der Waals surface area contributed by atoms with E-state index < -0.39 is 35.5 Å². The zero-order chi connectivity index (χ0) is 26.4. The van der Waals surface area contributed by atoms with E-state index in [-0.39, 0.29) is 33.5 Å². The number of carboxylic acids is 1. The Morgan fingerprint density at radius 1 is 0.811 bits per heavy atom. The Labute approximate surface area is 227 Å². The van der Waals surface area contributed by atoms with E-state index in [1.54, 1.807) is 24.3 Å². The van der Waals surface area contributed by atoms with Crippen LogP contribution in [0, 0.1) is 17.8 Å². The van der Waals surface area contributed by atoms with Crippen LogP contribution in [0.1, 0.15) is 43.9 Å². The van der Waals surface area contributed by atoms with E-state index in [1.807, 2.05) is 24.3 Å². The first-order chi connectivity index (χ1) is 17.7. The number of benzene rings is 3. The summed E-state index contributed by atoms with van der Waals surface area (Å²) in [6.45, 7) is -0.0994. The molecule has 5 rings (SSSR count). The van der Waals surface area contributed by atoms with E-state index in [9.17, 15) is 24.3 Å². The molecular formula is C28H20Cl3NO5. The molecule has 1 N–H and O–H groups in total. The van der Waals surface area contributed by atoms with E-state index in [0.29, 0.717) is 23.4 Å². The van der Waals surface area contributed by atoms with Crippen LogP contribution in [-0.2, 0) is 4.79 Å². The Morgan fingerprint density at radius 2 is 1.32 bits per heavy atom. The lowest BCUT2D eigenvalue weighted by Gasteiger charge is -2.24. The van der Waals surface area contributed by atoms with Gasteiger partial charge in [-0.1, -0.05) is 71.2 Å². The first-order valence-electron chi connectivity index (χ1n) is 11.6. The lowest BCUT2D eigenvalue weighted by Crippen LogP contribution is -2.39. The number of hydrogen-bond donors (Lipinski definition) is 1. The number of halogens is 3. The van der Waals surface area contributed by atoms with Crippen molar-refractivity contribution < 1.29 is 24.3 Å². The number of imide groups is 1. The second-order valence-corrected chi connectivity index (χ2v) is 10.5. The lowest BCUT2D eigenvalue weighted by atomic mass is 9.84. The normalized spacial score (nSPS) is 20.8. The van der Waals surface area contributed by atoms with Gasteiger partial charge in [-0.05, 0) is 54.2 Å². The van der Waals surface area contributed by atoms with Gasteiger partial charge >= 0.3 is 5.97 Å². The van der Waals surface area contributed by atoms with Crippen LogP contribution in [0.15, 0.2) is 60.7 Å². The van der Waals surface area contributed by atoms with Crippen LogP contribution in [0.3, 0.4) is 0 Å². The minimum atomic E-state index is -1.12. The second-order valence-electron chi connectivity index (χ2n) is 9.29. The van der Waals surface area contributed by atoms with E-state index >= 15 is 0 Å². The van der Waals surface area contributed by atoms with Crippen molar-refractivity contribution in [1.82, 2.24) is 4.90 Å². The molecule has 1 saturated carbocycles. The van der Waals surface area contributed by atoms with Crippen molar-refractivity contribution in [2.75, 3.05) is 6.54 Å². The van der Waals surface area contributed by atoms with Gasteiger partial charge in [-0.3, -0.25) is 24.1 Å². The summed E-state index contributed by atoms with van der Waals surface area (Å²) in [5.41, 5.74) is 2.53. The quantitative estimate of drug-likeness (QED) is 0.276. The van der Waals surface area contributed by atoms with Crippen molar-refractivity contribution in [1.29, 1.82) is 0 Å². The van der Waals surface area contributed by atoms with Crippen molar-refractivity contribution in [3.8, 4) is 11.1 Å². The highest BCUT2D eigenvalue weighted by Gasteiger charge is 2.47. The van der Waals surface area contributed by atoms with Gasteiger partial charge in [-0.25, -0.2) is 0 Å². The number of aliphatic carboxylic acids is 1. The van der Waals surface area contributed by atoms with E-state index in [0.717, 1.165) is 16.0 Å². The summed E-state index contributed by atoms with van der Waals surface area (Å²) in [6, 6.07) is 17.0. The maximum Gasteiger partial charge on any atom is 0.307 e. The standard InChI is InChI=1S/C28H20Cl3NO5/c29-18-8-5-15(6-9-18)14-1-3-16(4-2-14)25(33)19-10-7-17(24(19)28(36)37)13-32-26(34)20-11-22(30)23(31)12-21(20)27(32)35/h1-6,8-9,11-12,17,19,24H,7,10,13H2,(H,36,37)/t17-,19-,24-/m0/s1. The zero-order valence-electron chi connectivity index (χ0n) is 19.3. The van der Waals surface area contributed by atoms with Crippen LogP contribution in [-0.4, -0.2) is 40.1 Å². The molecule has 0 radical (unpaired) electrons. The number of carbonyl (C=O) groups excluding carboxylic acids is 3. The zero-order valence-corrected chi connectivity index (χ0v) is 21.6. The van der Waals surface area contributed by atoms with Crippen LogP contribution in [0.25, 0.3) is 11.1 Å². The highest BCUT2D eigenvalue weighted by atomic mass is 35.5. The molecule has 37 heavy (non-hydrogen) atoms. The third-order valence-electron chi connectivity index (χ3n) is 7.19. The third kappa shape index (κ3) is 4.65. The first kappa shape index (κ1) is 25.5. The maximum absolute atomic E-state index is 13.4. The SMILES string of the molecule is O=C(O)[C@H]1[C@H](CN2C(=O)c3cc(Cl)c(Cl)cc3C2=O)CC[C@@H]1C(=O)c1ccc(-c2ccc(Cl)cc2)cc1. The topological polar surface area (TPSA) is 91.8 Å². The second kappa shape index (κ2) is 9.93. The lowest BCUT2D eigenvalue weighted by molar-refractivity contribution is -0.144. The molecule has 0 unspecified atom stereocenters. The number of hydrogen-bond acceptors (Lipinski definition) is 4. The molecule has 1 aliphatic carbocycles. The van der Waals surface area contributed by atoms with Crippen LogP contribution < -0.4 is 0 Å². The maximum atomic E-state index is 13.4. The summed E-state index contributed by atoms with van der Waals surface area (Å²) in [7, 11) is 0. The molecule has 2 amide bonds. The van der Waals surface area contributed by atoms with Gasteiger partial charge in [0.25, 0.3) is 11.8 Å². The fourth-order valence-electron chi connectivity index (χ4n) is 5.32. The van der Waals surface area contributed by atoms with Crippen molar-refractivity contribution in [2.45, 2.75) is 12.8 Å². The number of rotatable bonds is 6. The number of fused-ring (bicyclic) bond motifs is 1. The molecule has 3 aromatic carbocycles. The minimum Gasteiger partial charge on any atom is -0.481 e. The number of carbonyl (C=O) groups is 4. The Bertz CT molecular complexity index is 1390. The van der Waals surface area contributed by atoms with E-state index in [4.69, 9.17) is 34.8 Å². The van der Waals surface area contributed by atoms with Crippen molar-refractivity contribution in [3.63, 3.8) is 0 Å². The van der Waals surface area contributed by atoms with Gasteiger partial charge in [0, 0.05) is 23.0 Å². The van der Waals surface area contributed by atoms with Gasteiger partial charge in [-0.15, -0.1) is 0 Å². The molecule has 0 aromatic heterocycles. The molecule has 0 saturated heterocycles. The number of Topliss-reactive ketones (excluding diaryl/α,β-unsaturated/α-hetero) is 1. The van der Waals surface area contributed by atoms with Gasteiger partial charge in [0.1, 0.15) is 0 Å². The van der Waals surface area contributed by atoms with E-state index in [1.165, 1.54) is 12.1 Å². The van der Waals surface area contributed by atoms with Crippen molar-refractivity contribution in [2.24, 2.45) is 17.8 Å². The predicted octanol–water partition coefficient (Wildman–Crippen LogP) is 6.52. The molecule has 0 spiro atoms. The summed E-state index contributed by atoms with van der Waals surface area (Å²) in [5.74, 6) is -4.83. The first-order valence-corrected chi connectivity index (χ1v) is 12.8. The Morgan fingerprint density at radius 3 is 1.84 bits per heavy atom. The summed E-state index contributed by atoms with van der Waals surface area (Å²) < 4.78 is 0. The minimum absolute atomic E-state index is 0.0994. The summed E-state index contributed by atoms with van der Waals surface area (Å²) in [5, 5.41) is 11.0. The fraction of sp³-hybridized carbons (Fsp3) is 0.214. The molecular weight excluding hydrogens is 537 g/mol. The molecule has 1 fully saturated rings. The van der Waals surface area contributed by atoms with Crippen LogP contribution >= 0.6 is 34.8 Å². The molecule has 9 heteroatoms. The Kier molecular flexibility index (Phi) is 6.84. The molecule has 3 atom stereocenters. The average molecular weight is 557 g/mol. The molecule has 3 aromatic rings. The summed E-state index contributed by atoms with van der Waals surface area (Å²) >= 11 is 18.0. The highest BCUT2D eigenvalue weighted by Crippen LogP contribution is 2.41. The average Bonchev–Trinajstić information content (AvgIpc) is 3.40. The largest absolute Gasteiger partial charge is 0.481 e. The molecule has 0 bridgehead atoms. The van der Waals surface area contributed by atoms with Crippen molar-refractivity contribution >= 4 is 58.4 Å². The number of amides is 2. The highest BCUT2D eigenvalue weighted by molar-refractivity contribution is 6.43. The number of nitrogens with zero attached hydrogens (tertiary/aromatic N) is 1. The fourth-order valence-corrected chi connectivity index (χ4v) is 5.77. The summed E-state index contributed by atoms with van der Waals surface area (Å²) in [6.07, 6.45) is 0.741. The van der Waals surface area contributed by atoms with Gasteiger partial charge in [0.05, 0.1) is 27.1 Å².